The second kappa shape index (κ2) is 11.9. The Morgan fingerprint density at radius 2 is 1.71 bits per heavy atom. The highest BCUT2D eigenvalue weighted by atomic mass is 32.1. The number of benzene rings is 2. The summed E-state index contributed by atoms with van der Waals surface area (Å²) in [6.45, 7) is 6.35. The minimum Gasteiger partial charge on any atom is -0.497 e. The molecule has 0 aliphatic rings. The molecule has 2 aromatic carbocycles. The molecule has 0 saturated heterocycles. The number of nitrogens with one attached hydrogen (secondary N) is 2. The van der Waals surface area contributed by atoms with Crippen molar-refractivity contribution in [2.75, 3.05) is 12.4 Å². The van der Waals surface area contributed by atoms with Gasteiger partial charge in [-0.15, -0.1) is 11.3 Å². The van der Waals surface area contributed by atoms with Crippen LogP contribution in [-0.2, 0) is 17.8 Å². The monoisotopic (exact) mass is 529 g/mol. The maximum absolute atomic E-state index is 12.9. The summed E-state index contributed by atoms with van der Waals surface area (Å²) >= 11 is 1.65. The quantitative estimate of drug-likeness (QED) is 0.241. The molecule has 7 nitrogen and oxygen atoms in total. The summed E-state index contributed by atoms with van der Waals surface area (Å²) in [5.74, 6) is 0.0638. The molecule has 0 aliphatic heterocycles. The number of hydrogen-bond donors (Lipinski definition) is 3. The summed E-state index contributed by atoms with van der Waals surface area (Å²) in [7, 11) is 1.63. The van der Waals surface area contributed by atoms with Gasteiger partial charge in [0.25, 0.3) is 5.91 Å². The Morgan fingerprint density at radius 1 is 1.00 bits per heavy atom. The third-order valence-electron chi connectivity index (χ3n) is 6.30. The van der Waals surface area contributed by atoms with Gasteiger partial charge in [0.2, 0.25) is 0 Å². The Morgan fingerprint density at radius 3 is 2.37 bits per heavy atom. The van der Waals surface area contributed by atoms with Crippen LogP contribution in [0.4, 0.5) is 5.82 Å². The van der Waals surface area contributed by atoms with Crippen molar-refractivity contribution in [2.24, 2.45) is 0 Å². The van der Waals surface area contributed by atoms with E-state index in [1.54, 1.807) is 30.7 Å². The van der Waals surface area contributed by atoms with Crippen LogP contribution in [0.5, 0.6) is 5.75 Å². The van der Waals surface area contributed by atoms with Crippen molar-refractivity contribution in [2.45, 2.75) is 39.8 Å². The molecule has 0 bridgehead atoms. The van der Waals surface area contributed by atoms with E-state index >= 15 is 0 Å². The molecule has 4 rings (SSSR count). The van der Waals surface area contributed by atoms with E-state index in [0.29, 0.717) is 12.1 Å². The first-order valence-electron chi connectivity index (χ1n) is 12.3. The molecule has 2 aromatic heterocycles. The number of aromatic nitrogens is 1. The lowest BCUT2D eigenvalue weighted by molar-refractivity contribution is -0.139. The van der Waals surface area contributed by atoms with Crippen molar-refractivity contribution in [3.8, 4) is 16.9 Å². The number of carboxylic acid groups (broad SMARTS) is 1. The van der Waals surface area contributed by atoms with E-state index in [1.165, 1.54) is 0 Å². The molecule has 3 N–H and O–H groups in total. The first-order valence-corrected chi connectivity index (χ1v) is 13.1. The van der Waals surface area contributed by atoms with Crippen LogP contribution in [0.1, 0.15) is 37.5 Å². The van der Waals surface area contributed by atoms with E-state index in [9.17, 15) is 14.7 Å². The van der Waals surface area contributed by atoms with Crippen molar-refractivity contribution < 1.29 is 19.4 Å². The SMILES string of the molecule is COc1ccnc(NCc2cc(-c3ccc(CC(NC(=O)c4c(C)cc(C)cc4C)C(=O)O)cc3)cs2)c1. The number of thiophene rings is 1. The molecule has 4 aromatic rings. The number of carbonyl (C=O) groups excluding carboxylic acids is 1. The van der Waals surface area contributed by atoms with Gasteiger partial charge >= 0.3 is 5.97 Å². The van der Waals surface area contributed by atoms with E-state index in [1.807, 2.05) is 63.2 Å². The maximum atomic E-state index is 12.9. The molecule has 38 heavy (non-hydrogen) atoms. The molecule has 1 atom stereocenters. The van der Waals surface area contributed by atoms with Gasteiger partial charge in [-0.3, -0.25) is 4.79 Å². The molecular formula is C30H31N3O4S. The van der Waals surface area contributed by atoms with E-state index in [4.69, 9.17) is 4.74 Å². The number of carboxylic acids is 1. The number of methoxy groups -OCH3 is 1. The number of rotatable bonds is 10. The average Bonchev–Trinajstić information content (AvgIpc) is 3.36. The third kappa shape index (κ3) is 6.58. The third-order valence-corrected chi connectivity index (χ3v) is 7.24. The van der Waals surface area contributed by atoms with Crippen LogP contribution in [0.25, 0.3) is 11.1 Å². The Labute approximate surface area is 226 Å². The molecule has 196 valence electrons. The van der Waals surface area contributed by atoms with Crippen molar-refractivity contribution in [3.05, 3.63) is 98.9 Å². The van der Waals surface area contributed by atoms with Crippen LogP contribution in [0.2, 0.25) is 0 Å². The molecule has 0 radical (unpaired) electrons. The van der Waals surface area contributed by atoms with E-state index in [2.05, 4.69) is 27.1 Å². The summed E-state index contributed by atoms with van der Waals surface area (Å²) in [6, 6.07) is 16.4. The van der Waals surface area contributed by atoms with Crippen LogP contribution in [0, 0.1) is 20.8 Å². The number of pyridine rings is 1. The summed E-state index contributed by atoms with van der Waals surface area (Å²) in [5, 5.41) is 17.9. The number of amides is 1. The Kier molecular flexibility index (Phi) is 8.43. The van der Waals surface area contributed by atoms with Crippen molar-refractivity contribution in [1.29, 1.82) is 0 Å². The fourth-order valence-electron chi connectivity index (χ4n) is 4.47. The minimum atomic E-state index is -1.06. The largest absolute Gasteiger partial charge is 0.497 e. The highest BCUT2D eigenvalue weighted by Gasteiger charge is 2.23. The summed E-state index contributed by atoms with van der Waals surface area (Å²) in [6.07, 6.45) is 1.89. The van der Waals surface area contributed by atoms with E-state index in [0.717, 1.165) is 49.8 Å². The van der Waals surface area contributed by atoms with Crippen LogP contribution < -0.4 is 15.4 Å². The molecule has 0 spiro atoms. The zero-order valence-corrected chi connectivity index (χ0v) is 22.7. The molecular weight excluding hydrogens is 498 g/mol. The standard InChI is InChI=1S/C30H31N3O4S/c1-18-11-19(2)28(20(3)12-18)29(34)33-26(30(35)36)13-21-5-7-22(8-6-21)23-14-25(38-17-23)16-32-27-15-24(37-4)9-10-31-27/h5-12,14-15,17,26H,13,16H2,1-4H3,(H,31,32)(H,33,34)(H,35,36). The van der Waals surface area contributed by atoms with Gasteiger partial charge in [-0.25, -0.2) is 9.78 Å². The van der Waals surface area contributed by atoms with E-state index in [-0.39, 0.29) is 12.3 Å². The van der Waals surface area contributed by atoms with Gasteiger partial charge in [-0.1, -0.05) is 42.0 Å². The van der Waals surface area contributed by atoms with Crippen LogP contribution in [-0.4, -0.2) is 35.1 Å². The molecule has 0 aliphatic carbocycles. The average molecular weight is 530 g/mol. The predicted octanol–water partition coefficient (Wildman–Crippen LogP) is 5.78. The van der Waals surface area contributed by atoms with Crippen LogP contribution >= 0.6 is 11.3 Å². The van der Waals surface area contributed by atoms with Crippen molar-refractivity contribution in [1.82, 2.24) is 10.3 Å². The molecule has 1 amide bonds. The number of carbonyl (C=O) groups is 2. The number of ether oxygens (including phenoxy) is 1. The maximum Gasteiger partial charge on any atom is 0.326 e. The summed E-state index contributed by atoms with van der Waals surface area (Å²) in [5.41, 5.74) is 6.22. The lowest BCUT2D eigenvalue weighted by Gasteiger charge is -2.17. The first-order chi connectivity index (χ1) is 18.2. The number of anilines is 1. The Hall–Kier alpha value is -4.17. The number of hydrogen-bond acceptors (Lipinski definition) is 6. The summed E-state index contributed by atoms with van der Waals surface area (Å²) < 4.78 is 5.24. The number of nitrogens with zero attached hydrogens (tertiary/aromatic N) is 1. The van der Waals surface area contributed by atoms with Crippen molar-refractivity contribution >= 4 is 29.0 Å². The molecule has 2 heterocycles. The van der Waals surface area contributed by atoms with Crippen LogP contribution in [0.3, 0.4) is 0 Å². The predicted molar refractivity (Wildman–Crippen MR) is 151 cm³/mol. The fourth-order valence-corrected chi connectivity index (χ4v) is 5.31. The van der Waals surface area contributed by atoms with Gasteiger partial charge in [-0.05, 0) is 66.1 Å². The topological polar surface area (TPSA) is 101 Å². The normalized spacial score (nSPS) is 11.6. The second-order valence-corrected chi connectivity index (χ2v) is 10.3. The van der Waals surface area contributed by atoms with Gasteiger partial charge < -0.3 is 20.5 Å². The highest BCUT2D eigenvalue weighted by molar-refractivity contribution is 7.10. The van der Waals surface area contributed by atoms with E-state index < -0.39 is 12.0 Å². The van der Waals surface area contributed by atoms with Gasteiger partial charge in [0.1, 0.15) is 17.6 Å². The van der Waals surface area contributed by atoms with Gasteiger partial charge in [0.05, 0.1) is 13.7 Å². The zero-order chi connectivity index (χ0) is 27.2. The van der Waals surface area contributed by atoms with Gasteiger partial charge in [0.15, 0.2) is 0 Å². The smallest absolute Gasteiger partial charge is 0.326 e. The first kappa shape index (κ1) is 26.9. The zero-order valence-electron chi connectivity index (χ0n) is 21.9. The fraction of sp³-hybridized carbons (Fsp3) is 0.233. The Bertz CT molecular complexity index is 1420. The van der Waals surface area contributed by atoms with Gasteiger partial charge in [0, 0.05) is 29.1 Å². The van der Waals surface area contributed by atoms with Gasteiger partial charge in [-0.2, -0.15) is 0 Å². The molecule has 8 heteroatoms. The molecule has 0 fully saturated rings. The second-order valence-electron chi connectivity index (χ2n) is 9.28. The number of aryl methyl sites for hydroxylation is 3. The minimum absolute atomic E-state index is 0.192. The number of aliphatic carboxylic acids is 1. The highest BCUT2D eigenvalue weighted by Crippen LogP contribution is 2.27. The molecule has 1 unspecified atom stereocenters. The lowest BCUT2D eigenvalue weighted by atomic mass is 9.98. The van der Waals surface area contributed by atoms with Crippen molar-refractivity contribution in [3.63, 3.8) is 0 Å². The van der Waals surface area contributed by atoms with Crippen LogP contribution in [0.15, 0.2) is 66.2 Å². The summed E-state index contributed by atoms with van der Waals surface area (Å²) in [4.78, 5) is 30.3. The Balaban J connectivity index is 1.39. The molecule has 0 saturated carbocycles. The lowest BCUT2D eigenvalue weighted by Crippen LogP contribution is -2.42.